The molecule has 2 rings (SSSR count). The smallest absolute Gasteiger partial charge is 0.0853 e. The van der Waals surface area contributed by atoms with Gasteiger partial charge in [-0.3, -0.25) is 0 Å². The predicted molar refractivity (Wildman–Crippen MR) is 81.4 cm³/mol. The number of benzene rings is 1. The summed E-state index contributed by atoms with van der Waals surface area (Å²) in [4.78, 5) is 2.42. The maximum atomic E-state index is 10.6. The van der Waals surface area contributed by atoms with E-state index in [0.717, 1.165) is 38.0 Å². The van der Waals surface area contributed by atoms with Gasteiger partial charge >= 0.3 is 0 Å². The van der Waals surface area contributed by atoms with Crippen molar-refractivity contribution in [2.24, 2.45) is 11.3 Å². The molecule has 0 saturated carbocycles. The van der Waals surface area contributed by atoms with Crippen LogP contribution in [0.3, 0.4) is 0 Å². The first-order valence-electron chi connectivity index (χ1n) is 7.59. The lowest BCUT2D eigenvalue weighted by molar-refractivity contribution is 0.00910. The van der Waals surface area contributed by atoms with Crippen LogP contribution in [-0.4, -0.2) is 41.4 Å². The minimum absolute atomic E-state index is 0.173. The lowest BCUT2D eigenvalue weighted by atomic mass is 9.81. The zero-order valence-electron chi connectivity index (χ0n) is 12.6. The van der Waals surface area contributed by atoms with E-state index in [1.165, 1.54) is 0 Å². The topological polar surface area (TPSA) is 43.7 Å². The highest BCUT2D eigenvalue weighted by molar-refractivity contribution is 5.19. The largest absolute Gasteiger partial charge is 0.396 e. The Morgan fingerprint density at radius 3 is 2.35 bits per heavy atom. The van der Waals surface area contributed by atoms with Crippen molar-refractivity contribution in [1.82, 2.24) is 4.90 Å². The molecule has 1 aromatic rings. The third-order valence-corrected chi connectivity index (χ3v) is 4.45. The van der Waals surface area contributed by atoms with Gasteiger partial charge in [-0.25, -0.2) is 0 Å². The average Bonchev–Trinajstić information content (AvgIpc) is 2.48. The Balaban J connectivity index is 1.94. The Hall–Kier alpha value is -0.900. The van der Waals surface area contributed by atoms with Gasteiger partial charge in [0.15, 0.2) is 0 Å². The maximum Gasteiger partial charge on any atom is 0.0853 e. The highest BCUT2D eigenvalue weighted by atomic mass is 16.3. The van der Waals surface area contributed by atoms with Crippen LogP contribution in [0.1, 0.15) is 38.4 Å². The second-order valence-corrected chi connectivity index (χ2v) is 6.70. The summed E-state index contributed by atoms with van der Waals surface area (Å²) >= 11 is 0. The van der Waals surface area contributed by atoms with Crippen LogP contribution in [0.4, 0.5) is 0 Å². The third-order valence-electron chi connectivity index (χ3n) is 4.45. The first-order valence-corrected chi connectivity index (χ1v) is 7.59. The van der Waals surface area contributed by atoms with E-state index in [1.807, 2.05) is 30.3 Å². The molecule has 1 aromatic carbocycles. The molecule has 0 bridgehead atoms. The number of nitrogens with zero attached hydrogens (tertiary/aromatic N) is 1. The fourth-order valence-electron chi connectivity index (χ4n) is 3.08. The first-order chi connectivity index (χ1) is 9.53. The van der Waals surface area contributed by atoms with E-state index in [2.05, 4.69) is 18.7 Å². The minimum atomic E-state index is -0.445. The zero-order chi connectivity index (χ0) is 14.6. The number of likely N-dealkylation sites (tertiary alicyclic amines) is 1. The summed E-state index contributed by atoms with van der Waals surface area (Å²) < 4.78 is 0. The first kappa shape index (κ1) is 15.5. The van der Waals surface area contributed by atoms with Gasteiger partial charge in [-0.1, -0.05) is 44.2 Å². The average molecular weight is 277 g/mol. The van der Waals surface area contributed by atoms with E-state index in [1.54, 1.807) is 0 Å². The molecule has 1 aliphatic rings. The fourth-order valence-corrected chi connectivity index (χ4v) is 3.08. The van der Waals surface area contributed by atoms with Crippen LogP contribution in [0.15, 0.2) is 30.3 Å². The van der Waals surface area contributed by atoms with Crippen molar-refractivity contribution in [3.63, 3.8) is 0 Å². The summed E-state index contributed by atoms with van der Waals surface area (Å²) in [6.07, 6.45) is 1.68. The van der Waals surface area contributed by atoms with Gasteiger partial charge in [0.25, 0.3) is 0 Å². The van der Waals surface area contributed by atoms with Gasteiger partial charge in [-0.2, -0.15) is 0 Å². The summed E-state index contributed by atoms with van der Waals surface area (Å²) in [5.41, 5.74) is 0.815. The van der Waals surface area contributed by atoms with Gasteiger partial charge in [0, 0.05) is 18.6 Å². The monoisotopic (exact) mass is 277 g/mol. The molecule has 0 spiro atoms. The van der Waals surface area contributed by atoms with Crippen molar-refractivity contribution >= 4 is 0 Å². The molecule has 2 N–H and O–H groups in total. The molecular weight excluding hydrogens is 250 g/mol. The summed E-state index contributed by atoms with van der Waals surface area (Å²) in [6.45, 7) is 7.50. The Labute approximate surface area is 122 Å². The van der Waals surface area contributed by atoms with Crippen molar-refractivity contribution in [3.8, 4) is 0 Å². The molecular formula is C17H27NO2. The Bertz CT molecular complexity index is 397. The lowest BCUT2D eigenvalue weighted by Crippen LogP contribution is -2.42. The molecule has 1 fully saturated rings. The molecule has 1 atom stereocenters. The molecule has 20 heavy (non-hydrogen) atoms. The predicted octanol–water partition coefficient (Wildman–Crippen LogP) is 2.45. The number of aliphatic hydroxyl groups is 2. The SMILES string of the molecule is CC(C)(CN1CCC(CO)CC1)C(O)c1ccccc1. The molecule has 1 saturated heterocycles. The molecule has 1 heterocycles. The molecule has 112 valence electrons. The molecule has 0 aromatic heterocycles. The molecule has 3 heteroatoms. The van der Waals surface area contributed by atoms with Crippen LogP contribution < -0.4 is 0 Å². The molecule has 0 amide bonds. The van der Waals surface area contributed by atoms with Crippen LogP contribution in [0.2, 0.25) is 0 Å². The molecule has 0 radical (unpaired) electrons. The summed E-state index contributed by atoms with van der Waals surface area (Å²) in [5, 5.41) is 19.8. The van der Waals surface area contributed by atoms with Gasteiger partial charge in [0.2, 0.25) is 0 Å². The van der Waals surface area contributed by atoms with Gasteiger partial charge in [-0.15, -0.1) is 0 Å². The van der Waals surface area contributed by atoms with Gasteiger partial charge in [-0.05, 0) is 37.4 Å². The second-order valence-electron chi connectivity index (χ2n) is 6.70. The Morgan fingerprint density at radius 1 is 1.20 bits per heavy atom. The van der Waals surface area contributed by atoms with E-state index in [0.29, 0.717) is 12.5 Å². The minimum Gasteiger partial charge on any atom is -0.396 e. The number of piperidine rings is 1. The summed E-state index contributed by atoms with van der Waals surface area (Å²) in [7, 11) is 0. The van der Waals surface area contributed by atoms with E-state index in [-0.39, 0.29) is 5.41 Å². The molecule has 3 nitrogen and oxygen atoms in total. The van der Waals surface area contributed by atoms with Crippen molar-refractivity contribution in [3.05, 3.63) is 35.9 Å². The number of aliphatic hydroxyl groups excluding tert-OH is 2. The van der Waals surface area contributed by atoms with Crippen LogP contribution in [0, 0.1) is 11.3 Å². The van der Waals surface area contributed by atoms with Crippen molar-refractivity contribution < 1.29 is 10.2 Å². The van der Waals surface area contributed by atoms with E-state index in [4.69, 9.17) is 0 Å². The Morgan fingerprint density at radius 2 is 1.80 bits per heavy atom. The van der Waals surface area contributed by atoms with E-state index >= 15 is 0 Å². The highest BCUT2D eigenvalue weighted by Gasteiger charge is 2.32. The summed E-state index contributed by atoms with van der Waals surface area (Å²) in [5.74, 6) is 0.466. The quantitative estimate of drug-likeness (QED) is 0.869. The second kappa shape index (κ2) is 6.70. The van der Waals surface area contributed by atoms with E-state index in [9.17, 15) is 10.2 Å². The van der Waals surface area contributed by atoms with Gasteiger partial charge in [0.05, 0.1) is 6.10 Å². The van der Waals surface area contributed by atoms with Crippen molar-refractivity contribution in [1.29, 1.82) is 0 Å². The van der Waals surface area contributed by atoms with Crippen molar-refractivity contribution in [2.45, 2.75) is 32.8 Å². The number of hydrogen-bond donors (Lipinski definition) is 2. The maximum absolute atomic E-state index is 10.6. The molecule has 1 unspecified atom stereocenters. The normalized spacial score (nSPS) is 20.0. The van der Waals surface area contributed by atoms with Crippen LogP contribution in [0.5, 0.6) is 0 Å². The number of rotatable bonds is 5. The van der Waals surface area contributed by atoms with Gasteiger partial charge in [0.1, 0.15) is 0 Å². The standard InChI is InChI=1S/C17H27NO2/c1-17(2,16(20)15-6-4-3-5-7-15)13-18-10-8-14(12-19)9-11-18/h3-7,14,16,19-20H,8-13H2,1-2H3. The van der Waals surface area contributed by atoms with Crippen LogP contribution in [0.25, 0.3) is 0 Å². The summed E-state index contributed by atoms with van der Waals surface area (Å²) in [6, 6.07) is 9.90. The zero-order valence-corrected chi connectivity index (χ0v) is 12.6. The number of hydrogen-bond acceptors (Lipinski definition) is 3. The van der Waals surface area contributed by atoms with Crippen molar-refractivity contribution in [2.75, 3.05) is 26.2 Å². The van der Waals surface area contributed by atoms with Crippen LogP contribution in [-0.2, 0) is 0 Å². The lowest BCUT2D eigenvalue weighted by Gasteiger charge is -2.39. The molecule has 1 aliphatic heterocycles. The van der Waals surface area contributed by atoms with E-state index < -0.39 is 6.10 Å². The third kappa shape index (κ3) is 3.81. The fraction of sp³-hybridized carbons (Fsp3) is 0.647. The molecule has 0 aliphatic carbocycles. The van der Waals surface area contributed by atoms with Gasteiger partial charge < -0.3 is 15.1 Å². The highest BCUT2D eigenvalue weighted by Crippen LogP contribution is 2.34. The van der Waals surface area contributed by atoms with Crippen LogP contribution >= 0.6 is 0 Å². The Kier molecular flexibility index (Phi) is 5.19.